The summed E-state index contributed by atoms with van der Waals surface area (Å²) < 4.78 is 13.7. The first-order chi connectivity index (χ1) is 11.6. The topological polar surface area (TPSA) is 56.4 Å². The van der Waals surface area contributed by atoms with E-state index in [1.165, 1.54) is 6.07 Å². The normalized spacial score (nSPS) is 15.2. The number of halogens is 1. The minimum Gasteiger partial charge on any atom is -0.367 e. The Morgan fingerprint density at radius 2 is 1.79 bits per heavy atom. The molecule has 0 bridgehead atoms. The molecule has 1 aromatic carbocycles. The van der Waals surface area contributed by atoms with Crippen molar-refractivity contribution < 1.29 is 14.0 Å². The van der Waals surface area contributed by atoms with Gasteiger partial charge in [0.25, 0.3) is 5.91 Å². The largest absolute Gasteiger partial charge is 0.367 e. The van der Waals surface area contributed by atoms with Gasteiger partial charge in [-0.15, -0.1) is 0 Å². The third kappa shape index (κ3) is 3.64. The van der Waals surface area contributed by atoms with Crippen molar-refractivity contribution in [2.45, 2.75) is 12.8 Å². The summed E-state index contributed by atoms with van der Waals surface area (Å²) in [6.07, 6.45) is 4.17. The van der Waals surface area contributed by atoms with Crippen molar-refractivity contribution in [2.75, 3.05) is 26.2 Å². The summed E-state index contributed by atoms with van der Waals surface area (Å²) in [4.78, 5) is 31.2. The Labute approximate surface area is 140 Å². The van der Waals surface area contributed by atoms with E-state index in [-0.39, 0.29) is 24.1 Å². The highest BCUT2D eigenvalue weighted by Gasteiger charge is 2.23. The summed E-state index contributed by atoms with van der Waals surface area (Å²) in [5, 5.41) is 0. The summed E-state index contributed by atoms with van der Waals surface area (Å²) in [7, 11) is 0. The summed E-state index contributed by atoms with van der Waals surface area (Å²) in [5.74, 6) is -0.486. The number of rotatable bonds is 3. The highest BCUT2D eigenvalue weighted by Crippen LogP contribution is 2.12. The fourth-order valence-electron chi connectivity index (χ4n) is 2.93. The van der Waals surface area contributed by atoms with E-state index in [0.717, 1.165) is 6.42 Å². The zero-order chi connectivity index (χ0) is 16.9. The number of nitrogens with zero attached hydrogens (tertiary/aromatic N) is 2. The predicted molar refractivity (Wildman–Crippen MR) is 88.0 cm³/mol. The standard InChI is InChI=1S/C18H20FN3O2/c19-16-5-2-1-4-14(16)12-17(23)21-8-3-9-22(11-10-21)18(24)15-6-7-20-13-15/h1-2,4-7,13,20H,3,8-12H2. The van der Waals surface area contributed by atoms with E-state index in [0.29, 0.717) is 37.3 Å². The maximum absolute atomic E-state index is 13.7. The lowest BCUT2D eigenvalue weighted by Gasteiger charge is -2.22. The molecule has 0 unspecified atom stereocenters. The van der Waals surface area contributed by atoms with Gasteiger partial charge in [-0.25, -0.2) is 4.39 Å². The fraction of sp³-hybridized carbons (Fsp3) is 0.333. The molecule has 1 saturated heterocycles. The highest BCUT2D eigenvalue weighted by molar-refractivity contribution is 5.94. The van der Waals surface area contributed by atoms with Crippen LogP contribution in [0.1, 0.15) is 22.3 Å². The number of nitrogens with one attached hydrogen (secondary N) is 1. The molecule has 24 heavy (non-hydrogen) atoms. The summed E-state index contributed by atoms with van der Waals surface area (Å²) in [6.45, 7) is 2.17. The molecule has 0 spiro atoms. The van der Waals surface area contributed by atoms with Gasteiger partial charge in [0.2, 0.25) is 5.91 Å². The Kier molecular flexibility index (Phi) is 4.93. The molecule has 3 rings (SSSR count). The second-order valence-electron chi connectivity index (χ2n) is 5.89. The van der Waals surface area contributed by atoms with Crippen molar-refractivity contribution in [3.05, 3.63) is 59.7 Å². The van der Waals surface area contributed by atoms with Gasteiger partial charge in [0, 0.05) is 38.6 Å². The molecular formula is C18H20FN3O2. The Bertz CT molecular complexity index is 715. The maximum atomic E-state index is 13.7. The van der Waals surface area contributed by atoms with E-state index in [1.807, 2.05) is 0 Å². The number of carbonyl (C=O) groups is 2. The van der Waals surface area contributed by atoms with Crippen LogP contribution in [0.3, 0.4) is 0 Å². The number of hydrogen-bond acceptors (Lipinski definition) is 2. The number of H-pyrrole nitrogens is 1. The van der Waals surface area contributed by atoms with Crippen LogP contribution in [0.15, 0.2) is 42.7 Å². The van der Waals surface area contributed by atoms with Gasteiger partial charge < -0.3 is 14.8 Å². The smallest absolute Gasteiger partial charge is 0.255 e. The molecule has 2 aromatic rings. The van der Waals surface area contributed by atoms with Crippen LogP contribution in [0.5, 0.6) is 0 Å². The number of amides is 2. The van der Waals surface area contributed by atoms with Crippen LogP contribution in [0.4, 0.5) is 4.39 Å². The van der Waals surface area contributed by atoms with E-state index in [1.54, 1.807) is 46.5 Å². The van der Waals surface area contributed by atoms with E-state index in [9.17, 15) is 14.0 Å². The zero-order valence-electron chi connectivity index (χ0n) is 13.4. The van der Waals surface area contributed by atoms with Gasteiger partial charge in [-0.2, -0.15) is 0 Å². The molecular weight excluding hydrogens is 309 g/mol. The summed E-state index contributed by atoms with van der Waals surface area (Å²) in [6, 6.07) is 8.08. The van der Waals surface area contributed by atoms with Gasteiger partial charge in [-0.1, -0.05) is 18.2 Å². The Balaban J connectivity index is 1.60. The minimum absolute atomic E-state index is 0.0281. The van der Waals surface area contributed by atoms with E-state index < -0.39 is 0 Å². The van der Waals surface area contributed by atoms with Gasteiger partial charge in [0.05, 0.1) is 12.0 Å². The molecule has 1 aliphatic heterocycles. The van der Waals surface area contributed by atoms with Gasteiger partial charge >= 0.3 is 0 Å². The second-order valence-corrected chi connectivity index (χ2v) is 5.89. The summed E-state index contributed by atoms with van der Waals surface area (Å²) in [5.41, 5.74) is 1.04. The molecule has 1 fully saturated rings. The first-order valence-electron chi connectivity index (χ1n) is 8.08. The molecule has 2 amide bonds. The lowest BCUT2D eigenvalue weighted by atomic mass is 10.1. The molecule has 1 N–H and O–H groups in total. The van der Waals surface area contributed by atoms with Crippen LogP contribution >= 0.6 is 0 Å². The van der Waals surface area contributed by atoms with Gasteiger partial charge in [0.1, 0.15) is 5.82 Å². The number of aromatic amines is 1. The number of aromatic nitrogens is 1. The SMILES string of the molecule is O=C(Cc1ccccc1F)N1CCCN(C(=O)c2cc[nH]c2)CC1. The average molecular weight is 329 g/mol. The first kappa shape index (κ1) is 16.2. The van der Waals surface area contributed by atoms with E-state index in [4.69, 9.17) is 0 Å². The average Bonchev–Trinajstić information content (AvgIpc) is 3.00. The van der Waals surface area contributed by atoms with Crippen molar-refractivity contribution in [3.8, 4) is 0 Å². The Hall–Kier alpha value is -2.63. The Morgan fingerprint density at radius 3 is 2.54 bits per heavy atom. The van der Waals surface area contributed by atoms with Crippen LogP contribution in [0.25, 0.3) is 0 Å². The molecule has 126 valence electrons. The molecule has 1 aromatic heterocycles. The molecule has 0 aliphatic carbocycles. The fourth-order valence-corrected chi connectivity index (χ4v) is 2.93. The van der Waals surface area contributed by atoms with Gasteiger partial charge in [-0.05, 0) is 24.1 Å². The first-order valence-corrected chi connectivity index (χ1v) is 8.08. The number of benzene rings is 1. The zero-order valence-corrected chi connectivity index (χ0v) is 13.4. The lowest BCUT2D eigenvalue weighted by Crippen LogP contribution is -2.38. The van der Waals surface area contributed by atoms with Crippen molar-refractivity contribution in [1.29, 1.82) is 0 Å². The number of hydrogen-bond donors (Lipinski definition) is 1. The molecule has 0 atom stereocenters. The lowest BCUT2D eigenvalue weighted by molar-refractivity contribution is -0.130. The van der Waals surface area contributed by atoms with Crippen LogP contribution in [-0.2, 0) is 11.2 Å². The second kappa shape index (κ2) is 7.29. The summed E-state index contributed by atoms with van der Waals surface area (Å²) >= 11 is 0. The molecule has 0 radical (unpaired) electrons. The van der Waals surface area contributed by atoms with Gasteiger partial charge in [-0.3, -0.25) is 9.59 Å². The third-order valence-corrected chi connectivity index (χ3v) is 4.28. The quantitative estimate of drug-likeness (QED) is 0.937. The van der Waals surface area contributed by atoms with Crippen LogP contribution in [0, 0.1) is 5.82 Å². The molecule has 6 heteroatoms. The Morgan fingerprint density at radius 1 is 1.04 bits per heavy atom. The van der Waals surface area contributed by atoms with Crippen LogP contribution in [0.2, 0.25) is 0 Å². The van der Waals surface area contributed by atoms with E-state index >= 15 is 0 Å². The number of carbonyl (C=O) groups excluding carboxylic acids is 2. The minimum atomic E-state index is -0.357. The third-order valence-electron chi connectivity index (χ3n) is 4.28. The monoisotopic (exact) mass is 329 g/mol. The predicted octanol–water partition coefficient (Wildman–Crippen LogP) is 2.07. The van der Waals surface area contributed by atoms with Crippen molar-refractivity contribution in [1.82, 2.24) is 14.8 Å². The van der Waals surface area contributed by atoms with Crippen molar-refractivity contribution in [2.24, 2.45) is 0 Å². The van der Waals surface area contributed by atoms with Gasteiger partial charge in [0.15, 0.2) is 0 Å². The highest BCUT2D eigenvalue weighted by atomic mass is 19.1. The van der Waals surface area contributed by atoms with Crippen LogP contribution in [-0.4, -0.2) is 52.8 Å². The van der Waals surface area contributed by atoms with Crippen molar-refractivity contribution in [3.63, 3.8) is 0 Å². The molecule has 5 nitrogen and oxygen atoms in total. The van der Waals surface area contributed by atoms with Crippen molar-refractivity contribution >= 4 is 11.8 Å². The van der Waals surface area contributed by atoms with Crippen LogP contribution < -0.4 is 0 Å². The molecule has 1 aliphatic rings. The van der Waals surface area contributed by atoms with E-state index in [2.05, 4.69) is 4.98 Å². The maximum Gasteiger partial charge on any atom is 0.255 e. The molecule has 0 saturated carbocycles. The molecule has 2 heterocycles.